The minimum atomic E-state index is -3.25. The predicted molar refractivity (Wildman–Crippen MR) is 64.0 cm³/mol. The maximum atomic E-state index is 11.3. The molecule has 2 unspecified atom stereocenters. The van der Waals surface area contributed by atoms with Gasteiger partial charge in [0.05, 0.1) is 18.1 Å². The summed E-state index contributed by atoms with van der Waals surface area (Å²) in [6.07, 6.45) is -1.84. The van der Waals surface area contributed by atoms with E-state index in [1.165, 1.54) is 0 Å². The highest BCUT2D eigenvalue weighted by Crippen LogP contribution is 2.23. The number of hydrogen-bond donors (Lipinski definition) is 2. The van der Waals surface area contributed by atoms with Crippen LogP contribution in [-0.4, -0.2) is 47.3 Å². The van der Waals surface area contributed by atoms with Gasteiger partial charge in [-0.2, -0.15) is 0 Å². The number of aryl methyl sites for hydroxylation is 1. The smallest absolute Gasteiger partial charge is 0.156 e. The predicted octanol–water partition coefficient (Wildman–Crippen LogP) is -0.581. The Hall–Kier alpha value is -1.18. The molecule has 2 rings (SSSR count). The number of nitrogens with zero attached hydrogens (tertiary/aromatic N) is 1. The minimum Gasteiger partial charge on any atom is -0.485 e. The van der Waals surface area contributed by atoms with Gasteiger partial charge in [0.15, 0.2) is 9.84 Å². The Morgan fingerprint density at radius 3 is 2.72 bits per heavy atom. The van der Waals surface area contributed by atoms with Crippen molar-refractivity contribution in [3.05, 3.63) is 23.5 Å². The monoisotopic (exact) mass is 273 g/mol. The summed E-state index contributed by atoms with van der Waals surface area (Å²) in [4.78, 5) is 4.09. The first-order valence-electron chi connectivity index (χ1n) is 5.54. The molecule has 1 aliphatic rings. The molecule has 0 amide bonds. The van der Waals surface area contributed by atoms with Crippen molar-refractivity contribution in [1.29, 1.82) is 0 Å². The Morgan fingerprint density at radius 1 is 1.44 bits per heavy atom. The number of sulfone groups is 1. The molecule has 1 aromatic rings. The van der Waals surface area contributed by atoms with Crippen LogP contribution in [0.25, 0.3) is 0 Å². The molecule has 0 saturated carbocycles. The summed E-state index contributed by atoms with van der Waals surface area (Å²) in [5, 5.41) is 18.8. The fourth-order valence-electron chi connectivity index (χ4n) is 1.89. The molecule has 100 valence electrons. The number of hydrogen-bond acceptors (Lipinski definition) is 6. The van der Waals surface area contributed by atoms with Gasteiger partial charge in [-0.1, -0.05) is 0 Å². The second-order valence-corrected chi connectivity index (χ2v) is 6.51. The Labute approximate surface area is 105 Å². The van der Waals surface area contributed by atoms with Crippen LogP contribution >= 0.6 is 0 Å². The lowest BCUT2D eigenvalue weighted by Gasteiger charge is -2.17. The van der Waals surface area contributed by atoms with E-state index in [-0.39, 0.29) is 18.1 Å². The van der Waals surface area contributed by atoms with Crippen molar-refractivity contribution in [2.45, 2.75) is 25.7 Å². The van der Waals surface area contributed by atoms with Crippen molar-refractivity contribution >= 4 is 9.84 Å². The summed E-state index contributed by atoms with van der Waals surface area (Å²) in [5.41, 5.74) is 1.07. The quantitative estimate of drug-likeness (QED) is 0.764. The Balaban J connectivity index is 2.20. The number of rotatable bonds is 3. The summed E-state index contributed by atoms with van der Waals surface area (Å²) < 4.78 is 28.1. The van der Waals surface area contributed by atoms with E-state index in [2.05, 4.69) is 4.98 Å². The molecule has 1 saturated heterocycles. The van der Waals surface area contributed by atoms with E-state index in [4.69, 9.17) is 9.84 Å². The maximum absolute atomic E-state index is 11.3. The van der Waals surface area contributed by atoms with Gasteiger partial charge in [-0.25, -0.2) is 8.42 Å². The molecule has 1 aromatic heterocycles. The molecule has 7 heteroatoms. The van der Waals surface area contributed by atoms with Gasteiger partial charge in [-0.3, -0.25) is 4.98 Å². The molecule has 0 radical (unpaired) electrons. The Kier molecular flexibility index (Phi) is 3.56. The van der Waals surface area contributed by atoms with Gasteiger partial charge < -0.3 is 14.9 Å². The number of pyridine rings is 1. The lowest BCUT2D eigenvalue weighted by Crippen LogP contribution is -2.30. The summed E-state index contributed by atoms with van der Waals surface area (Å²) in [5.74, 6) is -0.192. The molecule has 0 aliphatic carbocycles. The first-order valence-corrected chi connectivity index (χ1v) is 7.36. The molecular weight excluding hydrogens is 258 g/mol. The number of aliphatic hydroxyl groups excluding tert-OH is 2. The number of aliphatic hydroxyl groups is 2. The molecule has 2 heterocycles. The topological polar surface area (TPSA) is 96.7 Å². The highest BCUT2D eigenvalue weighted by atomic mass is 32.2. The minimum absolute atomic E-state index is 0.215. The van der Waals surface area contributed by atoms with E-state index in [0.29, 0.717) is 11.4 Å². The second-order valence-electron chi connectivity index (χ2n) is 4.36. The van der Waals surface area contributed by atoms with Crippen LogP contribution < -0.4 is 4.74 Å². The SMILES string of the molecule is Cc1ccc(OC2CS(=O)(=O)CC2O)c(CO)n1. The van der Waals surface area contributed by atoms with E-state index in [9.17, 15) is 13.5 Å². The number of ether oxygens (including phenoxy) is 1. The Bertz CT molecular complexity index is 542. The van der Waals surface area contributed by atoms with E-state index in [1.54, 1.807) is 19.1 Å². The fraction of sp³-hybridized carbons (Fsp3) is 0.545. The lowest BCUT2D eigenvalue weighted by molar-refractivity contribution is 0.0716. The van der Waals surface area contributed by atoms with Crippen LogP contribution in [-0.2, 0) is 16.4 Å². The normalized spacial score (nSPS) is 26.2. The third-order valence-electron chi connectivity index (χ3n) is 2.77. The van der Waals surface area contributed by atoms with E-state index < -0.39 is 22.0 Å². The van der Waals surface area contributed by atoms with Crippen molar-refractivity contribution in [2.24, 2.45) is 0 Å². The zero-order valence-electron chi connectivity index (χ0n) is 9.91. The molecule has 1 aliphatic heterocycles. The molecule has 0 spiro atoms. The van der Waals surface area contributed by atoms with Crippen molar-refractivity contribution < 1.29 is 23.4 Å². The summed E-state index contributed by atoms with van der Waals surface area (Å²) >= 11 is 0. The van der Waals surface area contributed by atoms with Gasteiger partial charge in [-0.05, 0) is 19.1 Å². The van der Waals surface area contributed by atoms with Gasteiger partial charge in [-0.15, -0.1) is 0 Å². The zero-order valence-corrected chi connectivity index (χ0v) is 10.7. The highest BCUT2D eigenvalue weighted by Gasteiger charge is 2.38. The standard InChI is InChI=1S/C11H15NO5S/c1-7-2-3-10(8(4-13)12-7)17-11-6-18(15,16)5-9(11)14/h2-3,9,11,13-14H,4-6H2,1H3. The van der Waals surface area contributed by atoms with Crippen LogP contribution in [0.3, 0.4) is 0 Å². The zero-order chi connectivity index (χ0) is 13.3. The van der Waals surface area contributed by atoms with Crippen LogP contribution in [0.1, 0.15) is 11.4 Å². The van der Waals surface area contributed by atoms with Crippen molar-refractivity contribution in [3.8, 4) is 5.75 Å². The van der Waals surface area contributed by atoms with Crippen LogP contribution in [0, 0.1) is 6.92 Å². The second kappa shape index (κ2) is 4.83. The average molecular weight is 273 g/mol. The molecule has 1 fully saturated rings. The first-order chi connectivity index (χ1) is 8.41. The third-order valence-corrected chi connectivity index (χ3v) is 4.46. The van der Waals surface area contributed by atoms with Crippen molar-refractivity contribution in [2.75, 3.05) is 11.5 Å². The fourth-order valence-corrected chi connectivity index (χ4v) is 3.55. The van der Waals surface area contributed by atoms with E-state index in [0.717, 1.165) is 5.69 Å². The summed E-state index contributed by atoms with van der Waals surface area (Å²) in [7, 11) is -3.25. The van der Waals surface area contributed by atoms with Crippen LogP contribution in [0.5, 0.6) is 5.75 Å². The third kappa shape index (κ3) is 2.80. The maximum Gasteiger partial charge on any atom is 0.156 e. The number of aromatic nitrogens is 1. The van der Waals surface area contributed by atoms with Crippen LogP contribution in [0.15, 0.2) is 12.1 Å². The van der Waals surface area contributed by atoms with Gasteiger partial charge in [0.25, 0.3) is 0 Å². The largest absolute Gasteiger partial charge is 0.485 e. The molecule has 0 aromatic carbocycles. The highest BCUT2D eigenvalue weighted by molar-refractivity contribution is 7.91. The lowest BCUT2D eigenvalue weighted by atomic mass is 10.2. The average Bonchev–Trinajstić information content (AvgIpc) is 2.54. The van der Waals surface area contributed by atoms with E-state index in [1.807, 2.05) is 0 Å². The molecule has 18 heavy (non-hydrogen) atoms. The van der Waals surface area contributed by atoms with Gasteiger partial charge in [0.1, 0.15) is 23.7 Å². The van der Waals surface area contributed by atoms with Crippen molar-refractivity contribution in [1.82, 2.24) is 4.98 Å². The molecular formula is C11H15NO5S. The summed E-state index contributed by atoms with van der Waals surface area (Å²) in [6.45, 7) is 1.48. The van der Waals surface area contributed by atoms with Gasteiger partial charge >= 0.3 is 0 Å². The summed E-state index contributed by atoms with van der Waals surface area (Å²) in [6, 6.07) is 3.32. The van der Waals surface area contributed by atoms with Crippen LogP contribution in [0.2, 0.25) is 0 Å². The van der Waals surface area contributed by atoms with Crippen LogP contribution in [0.4, 0.5) is 0 Å². The van der Waals surface area contributed by atoms with Gasteiger partial charge in [0.2, 0.25) is 0 Å². The molecule has 6 nitrogen and oxygen atoms in total. The van der Waals surface area contributed by atoms with Gasteiger partial charge in [0, 0.05) is 5.69 Å². The van der Waals surface area contributed by atoms with E-state index >= 15 is 0 Å². The Morgan fingerprint density at radius 2 is 2.17 bits per heavy atom. The molecule has 2 N–H and O–H groups in total. The molecule has 0 bridgehead atoms. The molecule has 2 atom stereocenters. The first kappa shape index (κ1) is 13.3. The van der Waals surface area contributed by atoms with Crippen molar-refractivity contribution in [3.63, 3.8) is 0 Å².